The van der Waals surface area contributed by atoms with E-state index in [2.05, 4.69) is 16.0 Å². The van der Waals surface area contributed by atoms with E-state index >= 15 is 0 Å². The van der Waals surface area contributed by atoms with Crippen molar-refractivity contribution >= 4 is 69.4 Å². The summed E-state index contributed by atoms with van der Waals surface area (Å²) in [5.74, 6) is -1.09. The first-order valence-corrected chi connectivity index (χ1v) is 11.5. The third-order valence-electron chi connectivity index (χ3n) is 4.73. The van der Waals surface area contributed by atoms with Crippen molar-refractivity contribution in [1.82, 2.24) is 10.6 Å². The van der Waals surface area contributed by atoms with E-state index in [1.165, 1.54) is 18.2 Å². The lowest BCUT2D eigenvalue weighted by molar-refractivity contribution is -0.384. The molecule has 0 fully saturated rings. The molecule has 0 saturated heterocycles. The van der Waals surface area contributed by atoms with Crippen LogP contribution in [0.15, 0.2) is 84.9 Å². The highest BCUT2D eigenvalue weighted by Gasteiger charge is 2.36. The van der Waals surface area contributed by atoms with Crippen LogP contribution in [0, 0.1) is 10.1 Å². The average Bonchev–Trinajstić information content (AvgIpc) is 2.80. The Hall–Kier alpha value is -2.91. The van der Waals surface area contributed by atoms with Gasteiger partial charge in [0.2, 0.25) is 9.70 Å². The van der Waals surface area contributed by atoms with Gasteiger partial charge in [-0.25, -0.2) is 0 Å². The van der Waals surface area contributed by atoms with E-state index in [4.69, 9.17) is 47.0 Å². The predicted molar refractivity (Wildman–Crippen MR) is 139 cm³/mol. The van der Waals surface area contributed by atoms with Crippen molar-refractivity contribution < 1.29 is 9.72 Å². The number of alkyl halides is 3. The quantitative estimate of drug-likeness (QED) is 0.121. The number of carbonyl (C=O) groups is 1. The fourth-order valence-corrected chi connectivity index (χ4v) is 3.77. The molecule has 3 aromatic rings. The molecule has 3 N–H and O–H groups in total. The number of halogens is 3. The Morgan fingerprint density at radius 2 is 1.44 bits per heavy atom. The van der Waals surface area contributed by atoms with Crippen LogP contribution in [-0.4, -0.2) is 25.9 Å². The van der Waals surface area contributed by atoms with Gasteiger partial charge in [0, 0.05) is 17.8 Å². The van der Waals surface area contributed by atoms with Gasteiger partial charge < -0.3 is 16.0 Å². The number of nitrogens with zero attached hydrogens (tertiary/aromatic N) is 1. The van der Waals surface area contributed by atoms with E-state index in [-0.39, 0.29) is 10.8 Å². The van der Waals surface area contributed by atoms with E-state index in [0.29, 0.717) is 5.69 Å². The molecule has 3 aromatic carbocycles. The van der Waals surface area contributed by atoms with Crippen LogP contribution < -0.4 is 16.0 Å². The minimum Gasteiger partial charge on any atom is -0.339 e. The SMILES string of the molecule is O=C(N[C@@H](NC(=S)Nc1cccc([N+](=O)[O-])c1)C(Cl)(Cl)Cl)C(c1ccccc1)c1ccccc1. The standard InChI is InChI=1S/C23H19Cl3N4O3S/c24-23(25,26)21(29-22(34)27-17-12-7-13-18(14-17)30(32)33)28-20(31)19(15-8-3-1-4-9-15)16-10-5-2-6-11-16/h1-14,19,21H,(H,28,31)(H2,27,29,34)/t21-/m0/s1. The second-order valence-electron chi connectivity index (χ2n) is 7.14. The average molecular weight is 538 g/mol. The number of amides is 1. The van der Waals surface area contributed by atoms with Crippen molar-refractivity contribution in [2.24, 2.45) is 0 Å². The van der Waals surface area contributed by atoms with E-state index in [1.807, 2.05) is 60.7 Å². The molecule has 0 aliphatic heterocycles. The van der Waals surface area contributed by atoms with Crippen LogP contribution >= 0.6 is 47.0 Å². The van der Waals surface area contributed by atoms with Gasteiger partial charge in [0.05, 0.1) is 10.8 Å². The largest absolute Gasteiger partial charge is 0.339 e. The Balaban J connectivity index is 1.79. The molecule has 11 heteroatoms. The summed E-state index contributed by atoms with van der Waals surface area (Å²) in [6, 6.07) is 24.1. The van der Waals surface area contributed by atoms with Crippen LogP contribution in [0.1, 0.15) is 17.0 Å². The van der Waals surface area contributed by atoms with Crippen molar-refractivity contribution in [3.8, 4) is 0 Å². The molecular formula is C23H19Cl3N4O3S. The van der Waals surface area contributed by atoms with Gasteiger partial charge in [0.1, 0.15) is 6.17 Å². The number of hydrogen-bond donors (Lipinski definition) is 3. The number of thiocarbonyl (C=S) groups is 1. The first-order chi connectivity index (χ1) is 16.1. The summed E-state index contributed by atoms with van der Waals surface area (Å²) in [4.78, 5) is 23.9. The number of benzene rings is 3. The zero-order valence-corrected chi connectivity index (χ0v) is 20.5. The zero-order chi connectivity index (χ0) is 24.7. The summed E-state index contributed by atoms with van der Waals surface area (Å²) in [5, 5.41) is 19.3. The maximum atomic E-state index is 13.4. The highest BCUT2D eigenvalue weighted by Crippen LogP contribution is 2.31. The summed E-state index contributed by atoms with van der Waals surface area (Å²) in [5.41, 5.74) is 1.75. The number of rotatable bonds is 7. The lowest BCUT2D eigenvalue weighted by atomic mass is 9.90. The van der Waals surface area contributed by atoms with E-state index in [0.717, 1.165) is 11.1 Å². The van der Waals surface area contributed by atoms with Crippen molar-refractivity contribution in [3.05, 3.63) is 106 Å². The molecule has 34 heavy (non-hydrogen) atoms. The number of nitrogens with one attached hydrogen (secondary N) is 3. The number of nitro groups is 1. The van der Waals surface area contributed by atoms with Gasteiger partial charge in [-0.1, -0.05) is 102 Å². The molecule has 176 valence electrons. The van der Waals surface area contributed by atoms with Gasteiger partial charge in [-0.15, -0.1) is 0 Å². The van der Waals surface area contributed by atoms with Crippen molar-refractivity contribution in [2.75, 3.05) is 5.32 Å². The zero-order valence-electron chi connectivity index (χ0n) is 17.5. The Bertz CT molecular complexity index is 1120. The van der Waals surface area contributed by atoms with Gasteiger partial charge in [-0.3, -0.25) is 14.9 Å². The Morgan fingerprint density at radius 3 is 1.94 bits per heavy atom. The minimum atomic E-state index is -1.97. The molecule has 1 atom stereocenters. The number of nitro benzene ring substituents is 1. The molecule has 0 spiro atoms. The normalized spacial score (nSPS) is 12.0. The fraction of sp³-hybridized carbons (Fsp3) is 0.130. The van der Waals surface area contributed by atoms with E-state index in [1.54, 1.807) is 6.07 Å². The monoisotopic (exact) mass is 536 g/mol. The van der Waals surface area contributed by atoms with Gasteiger partial charge in [-0.2, -0.15) is 0 Å². The summed E-state index contributed by atoms with van der Waals surface area (Å²) in [6.45, 7) is 0. The molecule has 0 heterocycles. The summed E-state index contributed by atoms with van der Waals surface area (Å²) in [6.07, 6.45) is -1.21. The van der Waals surface area contributed by atoms with Crippen molar-refractivity contribution in [2.45, 2.75) is 15.9 Å². The third kappa shape index (κ3) is 7.04. The van der Waals surface area contributed by atoms with Gasteiger partial charge >= 0.3 is 0 Å². The summed E-state index contributed by atoms with van der Waals surface area (Å²) in [7, 11) is 0. The van der Waals surface area contributed by atoms with Crippen molar-refractivity contribution in [3.63, 3.8) is 0 Å². The van der Waals surface area contributed by atoms with Gasteiger partial charge in [0.15, 0.2) is 5.11 Å². The van der Waals surface area contributed by atoms with Gasteiger partial charge in [0.25, 0.3) is 5.69 Å². The molecule has 7 nitrogen and oxygen atoms in total. The lowest BCUT2D eigenvalue weighted by Crippen LogP contribution is -2.57. The minimum absolute atomic E-state index is 0.00639. The fourth-order valence-electron chi connectivity index (χ4n) is 3.21. The Kier molecular flexibility index (Phi) is 8.68. The Labute approximate surface area is 216 Å². The number of carbonyl (C=O) groups excluding carboxylic acids is 1. The van der Waals surface area contributed by atoms with Crippen LogP contribution in [-0.2, 0) is 4.79 Å². The molecule has 0 radical (unpaired) electrons. The van der Waals surface area contributed by atoms with Crippen LogP contribution in [0.25, 0.3) is 0 Å². The lowest BCUT2D eigenvalue weighted by Gasteiger charge is -2.29. The molecule has 0 saturated carbocycles. The first-order valence-electron chi connectivity index (χ1n) is 9.94. The number of non-ortho nitro benzene ring substituents is 1. The molecule has 0 aromatic heterocycles. The molecule has 0 bridgehead atoms. The van der Waals surface area contributed by atoms with Crippen LogP contribution in [0.3, 0.4) is 0 Å². The summed E-state index contributed by atoms with van der Waals surface area (Å²) >= 11 is 23.7. The molecule has 1 amide bonds. The predicted octanol–water partition coefficient (Wildman–Crippen LogP) is 5.53. The van der Waals surface area contributed by atoms with Crippen LogP contribution in [0.5, 0.6) is 0 Å². The summed E-state index contributed by atoms with van der Waals surface area (Å²) < 4.78 is -1.97. The molecule has 0 aliphatic rings. The Morgan fingerprint density at radius 1 is 0.882 bits per heavy atom. The van der Waals surface area contributed by atoms with Crippen LogP contribution in [0.4, 0.5) is 11.4 Å². The van der Waals surface area contributed by atoms with Gasteiger partial charge in [-0.05, 0) is 29.4 Å². The van der Waals surface area contributed by atoms with E-state index < -0.39 is 26.7 Å². The molecule has 0 aliphatic carbocycles. The molecule has 3 rings (SSSR count). The topological polar surface area (TPSA) is 96.3 Å². The van der Waals surface area contributed by atoms with E-state index in [9.17, 15) is 14.9 Å². The van der Waals surface area contributed by atoms with Crippen molar-refractivity contribution in [1.29, 1.82) is 0 Å². The smallest absolute Gasteiger partial charge is 0.271 e. The maximum Gasteiger partial charge on any atom is 0.271 e. The first kappa shape index (κ1) is 25.7. The maximum absolute atomic E-state index is 13.4. The number of anilines is 1. The molecule has 0 unspecified atom stereocenters. The van der Waals surface area contributed by atoms with Crippen LogP contribution in [0.2, 0.25) is 0 Å². The number of hydrogen-bond acceptors (Lipinski definition) is 4. The highest BCUT2D eigenvalue weighted by atomic mass is 35.6. The second-order valence-corrected chi connectivity index (χ2v) is 9.92. The third-order valence-corrected chi connectivity index (χ3v) is 5.61. The molecular weight excluding hydrogens is 519 g/mol. The highest BCUT2D eigenvalue weighted by molar-refractivity contribution is 7.80. The second kappa shape index (κ2) is 11.5.